The molecule has 0 N–H and O–H groups in total. The van der Waals surface area contributed by atoms with Gasteiger partial charge in [-0.1, -0.05) is 174 Å². The highest BCUT2D eigenvalue weighted by atomic mass is 32.1. The van der Waals surface area contributed by atoms with Crippen LogP contribution >= 0.6 is 22.7 Å². The summed E-state index contributed by atoms with van der Waals surface area (Å²) in [5.74, 6) is -0.895. The van der Waals surface area contributed by atoms with E-state index in [9.17, 15) is 19.2 Å². The van der Waals surface area contributed by atoms with Crippen molar-refractivity contribution in [3.05, 3.63) is 202 Å². The lowest BCUT2D eigenvalue weighted by atomic mass is 9.74. The second-order valence-electron chi connectivity index (χ2n) is 19.9. The number of thiophene rings is 2. The molecule has 9 rings (SSSR count). The second-order valence-corrected chi connectivity index (χ2v) is 21.8. The van der Waals surface area contributed by atoms with Crippen molar-refractivity contribution in [1.29, 1.82) is 0 Å². The number of carbonyl (C=O) groups excluding carboxylic acids is 4. The van der Waals surface area contributed by atoms with E-state index in [4.69, 9.17) is 18.9 Å². The van der Waals surface area contributed by atoms with Crippen LogP contribution in [0.15, 0.2) is 168 Å². The van der Waals surface area contributed by atoms with Gasteiger partial charge in [-0.2, -0.15) is 0 Å². The maximum Gasteiger partial charge on any atom is 0.337 e. The molecule has 0 amide bonds. The summed E-state index contributed by atoms with van der Waals surface area (Å²) in [6.07, 6.45) is 11.5. The Bertz CT molecular complexity index is 3280. The van der Waals surface area contributed by atoms with Crippen molar-refractivity contribution in [2.75, 3.05) is 14.2 Å². The molecule has 9 aromatic rings. The molecule has 0 aliphatic heterocycles. The number of unbranched alkanes of at least 4 members (excludes halogenated alkanes) is 6. The molecule has 0 aliphatic rings. The van der Waals surface area contributed by atoms with Crippen LogP contribution in [0.1, 0.15) is 108 Å². The maximum absolute atomic E-state index is 13.1. The summed E-state index contributed by atoms with van der Waals surface area (Å²) < 4.78 is 20.9. The molecular formula is C70H66O8S2. The van der Waals surface area contributed by atoms with E-state index < -0.39 is 11.9 Å². The highest BCUT2D eigenvalue weighted by Gasteiger charge is 2.30. The third-order valence-electron chi connectivity index (χ3n) is 14.8. The van der Waals surface area contributed by atoms with Gasteiger partial charge in [-0.15, -0.1) is 22.7 Å². The number of rotatable bonds is 26. The molecule has 0 aliphatic carbocycles. The van der Waals surface area contributed by atoms with Crippen molar-refractivity contribution in [2.45, 2.75) is 91.3 Å². The van der Waals surface area contributed by atoms with Crippen molar-refractivity contribution in [3.8, 4) is 87.6 Å². The van der Waals surface area contributed by atoms with Crippen LogP contribution in [0, 0.1) is 0 Å². The summed E-state index contributed by atoms with van der Waals surface area (Å²) in [5.41, 5.74) is 18.3. The number of aryl methyl sites for hydroxylation is 2. The van der Waals surface area contributed by atoms with Crippen molar-refractivity contribution in [1.82, 2.24) is 0 Å². The predicted molar refractivity (Wildman–Crippen MR) is 326 cm³/mol. The highest BCUT2D eigenvalue weighted by Crippen LogP contribution is 2.56. The van der Waals surface area contributed by atoms with E-state index in [1.807, 2.05) is 72.8 Å². The van der Waals surface area contributed by atoms with Crippen LogP contribution in [-0.2, 0) is 54.6 Å². The molecule has 2 heterocycles. The Labute approximate surface area is 478 Å². The van der Waals surface area contributed by atoms with E-state index in [1.165, 1.54) is 73.6 Å². The normalized spacial score (nSPS) is 11.1. The predicted octanol–water partition coefficient (Wildman–Crippen LogP) is 18.3. The van der Waals surface area contributed by atoms with Gasteiger partial charge in [0.05, 0.1) is 25.3 Å². The molecule has 10 heteroatoms. The largest absolute Gasteiger partial charge is 0.465 e. The molecule has 80 heavy (non-hydrogen) atoms. The highest BCUT2D eigenvalue weighted by molar-refractivity contribution is 7.14. The summed E-state index contributed by atoms with van der Waals surface area (Å²) >= 11 is 3.53. The van der Waals surface area contributed by atoms with Gasteiger partial charge in [0, 0.05) is 9.75 Å². The minimum atomic E-state index is -0.448. The van der Waals surface area contributed by atoms with E-state index >= 15 is 0 Å². The smallest absolute Gasteiger partial charge is 0.337 e. The van der Waals surface area contributed by atoms with Crippen molar-refractivity contribution >= 4 is 47.6 Å². The quantitative estimate of drug-likeness (QED) is 0.0229. The van der Waals surface area contributed by atoms with E-state index in [1.54, 1.807) is 22.7 Å². The molecule has 0 radical (unpaired) electrons. The molecule has 0 bridgehead atoms. The Balaban J connectivity index is 1.41. The molecule has 0 spiro atoms. The Morgan fingerprint density at radius 2 is 0.662 bits per heavy atom. The molecule has 406 valence electrons. The first-order chi connectivity index (χ1) is 39.3. The van der Waals surface area contributed by atoms with Gasteiger partial charge in [0.25, 0.3) is 12.9 Å². The number of hydrogen-bond acceptors (Lipinski definition) is 10. The van der Waals surface area contributed by atoms with Gasteiger partial charge < -0.3 is 18.9 Å². The van der Waals surface area contributed by atoms with E-state index in [-0.39, 0.29) is 13.2 Å². The zero-order valence-corrected chi connectivity index (χ0v) is 47.5. The van der Waals surface area contributed by atoms with E-state index in [2.05, 4.69) is 110 Å². The van der Waals surface area contributed by atoms with Crippen LogP contribution in [0.5, 0.6) is 0 Å². The molecular weight excluding hydrogens is 1030 g/mol. The van der Waals surface area contributed by atoms with Crippen molar-refractivity contribution in [2.24, 2.45) is 0 Å². The topological polar surface area (TPSA) is 105 Å². The Kier molecular flexibility index (Phi) is 19.5. The van der Waals surface area contributed by atoms with Crippen molar-refractivity contribution < 1.29 is 38.1 Å². The second kappa shape index (κ2) is 27.6. The average molecular weight is 1100 g/mol. The fourth-order valence-electron chi connectivity index (χ4n) is 10.7. The Hall–Kier alpha value is -8.18. The Morgan fingerprint density at radius 1 is 0.375 bits per heavy atom. The fraction of sp³-hybridized carbons (Fsp3) is 0.229. The zero-order valence-electron chi connectivity index (χ0n) is 45.9. The zero-order chi connectivity index (χ0) is 55.8. The number of hydrogen-bond donors (Lipinski definition) is 0. The number of carbonyl (C=O) groups is 4. The van der Waals surface area contributed by atoms with Crippen LogP contribution in [0.4, 0.5) is 0 Å². The number of ether oxygens (including phenoxy) is 4. The van der Waals surface area contributed by atoms with Crippen LogP contribution in [-0.4, -0.2) is 39.1 Å². The van der Waals surface area contributed by atoms with Gasteiger partial charge in [0.2, 0.25) is 0 Å². The molecule has 8 nitrogen and oxygen atoms in total. The lowest BCUT2D eigenvalue weighted by Crippen LogP contribution is -2.04. The minimum Gasteiger partial charge on any atom is -0.465 e. The molecule has 0 atom stereocenters. The average Bonchev–Trinajstić information content (AvgIpc) is 4.34. The molecule has 0 saturated carbocycles. The van der Waals surface area contributed by atoms with Crippen molar-refractivity contribution in [3.63, 3.8) is 0 Å². The van der Waals surface area contributed by atoms with Gasteiger partial charge in [0.1, 0.15) is 13.2 Å². The summed E-state index contributed by atoms with van der Waals surface area (Å²) in [6, 6.07) is 53.8. The van der Waals surface area contributed by atoms with Crippen LogP contribution in [0.3, 0.4) is 0 Å². The standard InChI is InChI=1S/C70H66O8S2/c1-5-7-9-11-13-55-39-41-79-67(55)57-31-23-51(24-32-57)63-61(49-19-15-47(16-20-49)43-77-45-71)62(50-21-17-48(18-22-50)44-78-46-72)64(52-25-33-58(34-26-52)68-56(40-42-80-68)14-12-10-8-6-2)66(54-29-37-60(38-30-54)70(74)76-4)65(63)53-27-35-59(36-28-53)69(73)75-3/h15-42,45-46H,5-14,43-44H2,1-4H3. The van der Waals surface area contributed by atoms with Gasteiger partial charge in [-0.3, -0.25) is 9.59 Å². The van der Waals surface area contributed by atoms with Crippen LogP contribution in [0.25, 0.3) is 87.6 Å². The molecule has 0 unspecified atom stereocenters. The van der Waals surface area contributed by atoms with Gasteiger partial charge in [-0.25, -0.2) is 9.59 Å². The summed E-state index contributed by atoms with van der Waals surface area (Å²) in [4.78, 5) is 51.7. The monoisotopic (exact) mass is 1100 g/mol. The molecule has 0 fully saturated rings. The van der Waals surface area contributed by atoms with Gasteiger partial charge in [0.15, 0.2) is 0 Å². The SMILES string of the molecule is CCCCCCc1ccsc1-c1ccc(-c2c(-c3ccc(COC=O)cc3)c(-c3ccc(COC=O)cc3)c(-c3ccc(-c4sccc4CCCCCC)cc3)c(-c3ccc(C(=O)OC)cc3)c2-c2ccc(C(=O)OC)cc2)cc1. The summed E-state index contributed by atoms with van der Waals surface area (Å²) in [6.45, 7) is 5.62. The number of methoxy groups -OCH3 is 2. The first-order valence-electron chi connectivity index (χ1n) is 27.5. The third-order valence-corrected chi connectivity index (χ3v) is 16.8. The van der Waals surface area contributed by atoms with Gasteiger partial charge in [-0.05, 0) is 173 Å². The van der Waals surface area contributed by atoms with Crippen LogP contribution in [0.2, 0.25) is 0 Å². The summed E-state index contributed by atoms with van der Waals surface area (Å²) in [7, 11) is 2.76. The number of benzene rings is 7. The first kappa shape index (κ1) is 56.5. The Morgan fingerprint density at radius 3 is 0.950 bits per heavy atom. The van der Waals surface area contributed by atoms with E-state index in [0.29, 0.717) is 24.1 Å². The third kappa shape index (κ3) is 12.9. The maximum atomic E-state index is 13.1. The molecule has 7 aromatic carbocycles. The fourth-order valence-corrected chi connectivity index (χ4v) is 12.6. The van der Waals surface area contributed by atoms with Gasteiger partial charge >= 0.3 is 11.9 Å². The minimum absolute atomic E-state index is 0.110. The number of esters is 2. The molecule has 0 saturated heterocycles. The summed E-state index contributed by atoms with van der Waals surface area (Å²) in [5, 5.41) is 4.38. The van der Waals surface area contributed by atoms with Crippen LogP contribution < -0.4 is 0 Å². The first-order valence-corrected chi connectivity index (χ1v) is 29.3. The lowest BCUT2D eigenvalue weighted by molar-refractivity contribution is -0.130. The van der Waals surface area contributed by atoms with E-state index in [0.717, 1.165) is 115 Å². The lowest BCUT2D eigenvalue weighted by Gasteiger charge is -2.29. The molecule has 2 aromatic heterocycles.